The molecule has 0 saturated carbocycles. The zero-order valence-corrected chi connectivity index (χ0v) is 15.1. The first-order valence-corrected chi connectivity index (χ1v) is 9.23. The van der Waals surface area contributed by atoms with E-state index in [1.807, 2.05) is 6.92 Å². The van der Waals surface area contributed by atoms with Crippen LogP contribution in [0.5, 0.6) is 0 Å². The molecule has 0 fully saturated rings. The highest BCUT2D eigenvalue weighted by molar-refractivity contribution is 5.72. The Kier molecular flexibility index (Phi) is 12.8. The van der Waals surface area contributed by atoms with Gasteiger partial charge in [0.1, 0.15) is 6.10 Å². The third-order valence-corrected chi connectivity index (χ3v) is 4.39. The molecular formula is C19H38O2. The fraction of sp³-hybridized carbons (Fsp3) is 0.947. The van der Waals surface area contributed by atoms with Crippen molar-refractivity contribution in [2.75, 3.05) is 0 Å². The van der Waals surface area contributed by atoms with Gasteiger partial charge in [-0.05, 0) is 25.7 Å². The second-order valence-corrected chi connectivity index (χ2v) is 6.78. The van der Waals surface area contributed by atoms with E-state index in [1.165, 1.54) is 38.5 Å². The highest BCUT2D eigenvalue weighted by atomic mass is 16.5. The van der Waals surface area contributed by atoms with Gasteiger partial charge in [0.15, 0.2) is 0 Å². The van der Waals surface area contributed by atoms with Crippen molar-refractivity contribution in [2.24, 2.45) is 11.8 Å². The van der Waals surface area contributed by atoms with Crippen LogP contribution < -0.4 is 0 Å². The fourth-order valence-electron chi connectivity index (χ4n) is 2.43. The van der Waals surface area contributed by atoms with E-state index in [-0.39, 0.29) is 18.0 Å². The van der Waals surface area contributed by atoms with E-state index in [4.69, 9.17) is 4.74 Å². The van der Waals surface area contributed by atoms with Gasteiger partial charge in [-0.25, -0.2) is 0 Å². The van der Waals surface area contributed by atoms with Crippen LogP contribution in [0.4, 0.5) is 0 Å². The van der Waals surface area contributed by atoms with Crippen LogP contribution in [0.15, 0.2) is 0 Å². The topological polar surface area (TPSA) is 26.3 Å². The molecule has 1 atom stereocenters. The summed E-state index contributed by atoms with van der Waals surface area (Å²) < 4.78 is 5.65. The Morgan fingerprint density at radius 3 is 1.67 bits per heavy atom. The van der Waals surface area contributed by atoms with E-state index in [1.54, 1.807) is 0 Å². The molecule has 2 nitrogen and oxygen atoms in total. The maximum Gasteiger partial charge on any atom is 0.309 e. The molecule has 0 heterocycles. The molecule has 21 heavy (non-hydrogen) atoms. The van der Waals surface area contributed by atoms with Crippen LogP contribution in [-0.2, 0) is 9.53 Å². The number of hydrogen-bond donors (Lipinski definition) is 0. The summed E-state index contributed by atoms with van der Waals surface area (Å²) in [6, 6.07) is 0. The molecule has 0 aliphatic rings. The largest absolute Gasteiger partial charge is 0.462 e. The molecule has 0 saturated heterocycles. The first kappa shape index (κ1) is 20.5. The predicted octanol–water partition coefficient (Wildman–Crippen LogP) is 6.13. The second kappa shape index (κ2) is 13.2. The molecular weight excluding hydrogens is 260 g/mol. The fourth-order valence-corrected chi connectivity index (χ4v) is 2.43. The van der Waals surface area contributed by atoms with Crippen LogP contribution in [0.3, 0.4) is 0 Å². The first-order valence-electron chi connectivity index (χ1n) is 9.23. The summed E-state index contributed by atoms with van der Waals surface area (Å²) in [6.07, 6.45) is 11.9. The Bertz CT molecular complexity index is 236. The Morgan fingerprint density at radius 2 is 1.29 bits per heavy atom. The summed E-state index contributed by atoms with van der Waals surface area (Å²) >= 11 is 0. The molecule has 0 radical (unpaired) electrons. The number of carbonyl (C=O) groups excluding carboxylic acids is 1. The third-order valence-electron chi connectivity index (χ3n) is 4.39. The van der Waals surface area contributed by atoms with Crippen LogP contribution in [0, 0.1) is 11.8 Å². The average molecular weight is 299 g/mol. The van der Waals surface area contributed by atoms with Gasteiger partial charge >= 0.3 is 5.97 Å². The minimum absolute atomic E-state index is 0.0336. The molecule has 0 aromatic heterocycles. The van der Waals surface area contributed by atoms with Gasteiger partial charge in [-0.15, -0.1) is 0 Å². The van der Waals surface area contributed by atoms with E-state index in [0.29, 0.717) is 5.92 Å². The van der Waals surface area contributed by atoms with Crippen molar-refractivity contribution in [3.63, 3.8) is 0 Å². The lowest BCUT2D eigenvalue weighted by atomic mass is 9.94. The van der Waals surface area contributed by atoms with Crippen molar-refractivity contribution in [1.82, 2.24) is 0 Å². The molecule has 0 N–H and O–H groups in total. The Morgan fingerprint density at radius 1 is 0.810 bits per heavy atom. The predicted molar refractivity (Wildman–Crippen MR) is 91.4 cm³/mol. The molecule has 2 heteroatoms. The van der Waals surface area contributed by atoms with Gasteiger partial charge < -0.3 is 4.74 Å². The summed E-state index contributed by atoms with van der Waals surface area (Å²) in [5, 5.41) is 0. The number of carbonyl (C=O) groups is 1. The monoisotopic (exact) mass is 298 g/mol. The van der Waals surface area contributed by atoms with Gasteiger partial charge in [0.2, 0.25) is 0 Å². The van der Waals surface area contributed by atoms with E-state index in [9.17, 15) is 4.79 Å². The van der Waals surface area contributed by atoms with Crippen LogP contribution in [-0.4, -0.2) is 12.1 Å². The molecule has 0 rings (SSSR count). The highest BCUT2D eigenvalue weighted by Gasteiger charge is 2.22. The molecule has 0 aliphatic heterocycles. The molecule has 0 aromatic rings. The van der Waals surface area contributed by atoms with Crippen molar-refractivity contribution >= 4 is 5.97 Å². The molecule has 126 valence electrons. The van der Waals surface area contributed by atoms with Crippen LogP contribution >= 0.6 is 0 Å². The summed E-state index contributed by atoms with van der Waals surface area (Å²) in [7, 11) is 0. The summed E-state index contributed by atoms with van der Waals surface area (Å²) in [6.45, 7) is 10.7. The standard InChI is InChI=1S/C19H38O2/c1-6-8-10-12-14-18(15-13-11-9-7-2)19(20)21-17(5)16(3)4/h16-18H,6-15H2,1-5H3. The number of ether oxygens (including phenoxy) is 1. The van der Waals surface area contributed by atoms with Gasteiger partial charge in [-0.3, -0.25) is 4.79 Å². The van der Waals surface area contributed by atoms with Crippen molar-refractivity contribution in [1.29, 1.82) is 0 Å². The SMILES string of the molecule is CCCCCCC(CCCCCC)C(=O)OC(C)C(C)C. The van der Waals surface area contributed by atoms with Crippen molar-refractivity contribution in [3.8, 4) is 0 Å². The first-order chi connectivity index (χ1) is 10.0. The van der Waals surface area contributed by atoms with Crippen LogP contribution in [0.1, 0.15) is 98.8 Å². The molecule has 0 amide bonds. The van der Waals surface area contributed by atoms with E-state index in [2.05, 4.69) is 27.7 Å². The summed E-state index contributed by atoms with van der Waals surface area (Å²) in [5.74, 6) is 0.568. The molecule has 0 aromatic carbocycles. The van der Waals surface area contributed by atoms with Crippen LogP contribution in [0.25, 0.3) is 0 Å². The Labute approximate surface area is 133 Å². The maximum atomic E-state index is 12.4. The smallest absolute Gasteiger partial charge is 0.309 e. The highest BCUT2D eigenvalue weighted by Crippen LogP contribution is 2.21. The third kappa shape index (κ3) is 10.8. The quantitative estimate of drug-likeness (QED) is 0.302. The lowest BCUT2D eigenvalue weighted by Crippen LogP contribution is -2.26. The van der Waals surface area contributed by atoms with Gasteiger partial charge in [-0.1, -0.05) is 79.1 Å². The van der Waals surface area contributed by atoms with Crippen LogP contribution in [0.2, 0.25) is 0 Å². The van der Waals surface area contributed by atoms with E-state index in [0.717, 1.165) is 25.7 Å². The maximum absolute atomic E-state index is 12.4. The second-order valence-electron chi connectivity index (χ2n) is 6.78. The summed E-state index contributed by atoms with van der Waals surface area (Å²) in [4.78, 5) is 12.4. The molecule has 0 spiro atoms. The number of unbranched alkanes of at least 4 members (excludes halogenated alkanes) is 6. The van der Waals surface area contributed by atoms with Crippen molar-refractivity contribution in [3.05, 3.63) is 0 Å². The minimum atomic E-state index is 0.0336. The van der Waals surface area contributed by atoms with Gasteiger partial charge in [0.05, 0.1) is 5.92 Å². The number of esters is 1. The molecule has 0 aliphatic carbocycles. The van der Waals surface area contributed by atoms with Gasteiger partial charge in [-0.2, -0.15) is 0 Å². The molecule has 0 bridgehead atoms. The lowest BCUT2D eigenvalue weighted by molar-refractivity contribution is -0.155. The Hall–Kier alpha value is -0.530. The van der Waals surface area contributed by atoms with Crippen molar-refractivity contribution in [2.45, 2.75) is 105 Å². The zero-order chi connectivity index (χ0) is 16.1. The minimum Gasteiger partial charge on any atom is -0.462 e. The van der Waals surface area contributed by atoms with Gasteiger partial charge in [0, 0.05) is 0 Å². The van der Waals surface area contributed by atoms with E-state index >= 15 is 0 Å². The molecule has 1 unspecified atom stereocenters. The Balaban J connectivity index is 4.23. The zero-order valence-electron chi connectivity index (χ0n) is 15.1. The van der Waals surface area contributed by atoms with Crippen molar-refractivity contribution < 1.29 is 9.53 Å². The number of rotatable bonds is 13. The van der Waals surface area contributed by atoms with Gasteiger partial charge in [0.25, 0.3) is 0 Å². The summed E-state index contributed by atoms with van der Waals surface area (Å²) in [5.41, 5.74) is 0. The van der Waals surface area contributed by atoms with E-state index < -0.39 is 0 Å². The average Bonchev–Trinajstić information content (AvgIpc) is 2.45. The number of hydrogen-bond acceptors (Lipinski definition) is 2. The lowest BCUT2D eigenvalue weighted by Gasteiger charge is -2.21. The normalized spacial score (nSPS) is 12.9.